The normalized spacial score (nSPS) is 11.3. The van der Waals surface area contributed by atoms with Gasteiger partial charge in [0.25, 0.3) is 10.1 Å². The highest BCUT2D eigenvalue weighted by Gasteiger charge is 2.19. The number of carbonyl (C=O) groups excluding carboxylic acids is 1. The van der Waals surface area contributed by atoms with Crippen LogP contribution in [0.1, 0.15) is 10.4 Å². The van der Waals surface area contributed by atoms with Gasteiger partial charge in [0.2, 0.25) is 5.12 Å². The predicted octanol–water partition coefficient (Wildman–Crippen LogP) is 1.65. The van der Waals surface area contributed by atoms with E-state index in [0.29, 0.717) is 10.8 Å². The second-order valence-corrected chi connectivity index (χ2v) is 4.84. The van der Waals surface area contributed by atoms with Crippen molar-refractivity contribution in [2.75, 3.05) is 0 Å². The van der Waals surface area contributed by atoms with Gasteiger partial charge in [0.1, 0.15) is 4.90 Å². The van der Waals surface area contributed by atoms with Gasteiger partial charge < -0.3 is 0 Å². The number of thiol groups is 1. The van der Waals surface area contributed by atoms with Gasteiger partial charge in [-0.05, 0) is 22.9 Å². The van der Waals surface area contributed by atoms with Gasteiger partial charge >= 0.3 is 0 Å². The highest BCUT2D eigenvalue weighted by atomic mass is 33.1. The summed E-state index contributed by atoms with van der Waals surface area (Å²) in [6.07, 6.45) is 0. The average Bonchev–Trinajstić information content (AvgIpc) is 2.15. The molecule has 0 heterocycles. The molecule has 14 heavy (non-hydrogen) atoms. The van der Waals surface area contributed by atoms with Gasteiger partial charge in [-0.3, -0.25) is 9.35 Å². The van der Waals surface area contributed by atoms with Crippen LogP contribution in [0.2, 0.25) is 0 Å². The van der Waals surface area contributed by atoms with Crippen molar-refractivity contribution < 1.29 is 17.8 Å². The first-order valence-electron chi connectivity index (χ1n) is 3.39. The van der Waals surface area contributed by atoms with Crippen molar-refractivity contribution in [3.63, 3.8) is 0 Å². The van der Waals surface area contributed by atoms with Gasteiger partial charge in [-0.2, -0.15) is 8.42 Å². The van der Waals surface area contributed by atoms with Crippen LogP contribution in [0.5, 0.6) is 0 Å². The van der Waals surface area contributed by atoms with Crippen molar-refractivity contribution >= 4 is 37.7 Å². The summed E-state index contributed by atoms with van der Waals surface area (Å²) in [6.45, 7) is 0. The molecule has 1 rings (SSSR count). The van der Waals surface area contributed by atoms with Gasteiger partial charge in [0, 0.05) is 0 Å². The summed E-state index contributed by atoms with van der Waals surface area (Å²) in [5, 5.41) is -0.526. The molecule has 0 saturated carbocycles. The fourth-order valence-electron chi connectivity index (χ4n) is 0.909. The molecular weight excluding hydrogens is 244 g/mol. The van der Waals surface area contributed by atoms with Crippen molar-refractivity contribution in [1.29, 1.82) is 0 Å². The molecule has 1 aromatic carbocycles. The Bertz CT molecular complexity index is 452. The van der Waals surface area contributed by atoms with E-state index in [2.05, 4.69) is 11.7 Å². The molecule has 0 radical (unpaired) electrons. The SMILES string of the molecule is O=C(SS)c1ccccc1S(=O)(=O)O. The van der Waals surface area contributed by atoms with Crippen LogP contribution in [0.25, 0.3) is 0 Å². The fourth-order valence-corrected chi connectivity index (χ4v) is 2.23. The Balaban J connectivity index is 3.38. The molecule has 0 unspecified atom stereocenters. The van der Waals surface area contributed by atoms with Crippen LogP contribution in [0.4, 0.5) is 0 Å². The monoisotopic (exact) mass is 250 g/mol. The summed E-state index contributed by atoms with van der Waals surface area (Å²) in [5.41, 5.74) is -0.0741. The second kappa shape index (κ2) is 4.35. The zero-order valence-corrected chi connectivity index (χ0v) is 9.27. The minimum absolute atomic E-state index is 0.0741. The summed E-state index contributed by atoms with van der Waals surface area (Å²) < 4.78 is 30.5. The lowest BCUT2D eigenvalue weighted by molar-refractivity contribution is 0.108. The van der Waals surface area contributed by atoms with Crippen LogP contribution in [0.3, 0.4) is 0 Å². The summed E-state index contributed by atoms with van der Waals surface area (Å²) in [6, 6.07) is 5.40. The van der Waals surface area contributed by atoms with E-state index < -0.39 is 20.1 Å². The third-order valence-corrected chi connectivity index (χ3v) is 3.26. The standard InChI is InChI=1S/C7H6O4S3/c8-7(13-12)5-3-1-2-4-6(5)14(9,10)11/h1-4,12H,(H,9,10,11). The van der Waals surface area contributed by atoms with Crippen LogP contribution in [-0.2, 0) is 10.1 Å². The minimum atomic E-state index is -4.36. The Labute approximate surface area is 90.3 Å². The first kappa shape index (κ1) is 11.6. The molecule has 1 N–H and O–H groups in total. The zero-order valence-electron chi connectivity index (χ0n) is 6.75. The number of carbonyl (C=O) groups is 1. The molecule has 0 amide bonds. The van der Waals surface area contributed by atoms with Crippen molar-refractivity contribution in [2.45, 2.75) is 4.90 Å². The van der Waals surface area contributed by atoms with E-state index in [9.17, 15) is 13.2 Å². The molecule has 0 saturated heterocycles. The number of hydrogen-bond donors (Lipinski definition) is 2. The zero-order chi connectivity index (χ0) is 10.8. The summed E-state index contributed by atoms with van der Waals surface area (Å²) in [5.74, 6) is 0. The Morgan fingerprint density at radius 1 is 1.36 bits per heavy atom. The minimum Gasteiger partial charge on any atom is -0.282 e. The molecule has 0 aromatic heterocycles. The molecular formula is C7H6O4S3. The summed E-state index contributed by atoms with van der Waals surface area (Å²) >= 11 is 3.66. The highest BCUT2D eigenvalue weighted by molar-refractivity contribution is 8.75. The topological polar surface area (TPSA) is 71.4 Å². The van der Waals surface area contributed by atoms with E-state index in [0.717, 1.165) is 6.07 Å². The second-order valence-electron chi connectivity index (χ2n) is 2.35. The lowest BCUT2D eigenvalue weighted by Crippen LogP contribution is -2.05. The van der Waals surface area contributed by atoms with E-state index in [1.807, 2.05) is 0 Å². The Kier molecular flexibility index (Phi) is 3.59. The Hall–Kier alpha value is -0.500. The Morgan fingerprint density at radius 3 is 2.43 bits per heavy atom. The molecule has 76 valence electrons. The molecule has 7 heteroatoms. The van der Waals surface area contributed by atoms with Crippen molar-refractivity contribution in [1.82, 2.24) is 0 Å². The largest absolute Gasteiger partial charge is 0.295 e. The molecule has 1 aromatic rings. The molecule has 0 bridgehead atoms. The Morgan fingerprint density at radius 2 is 1.93 bits per heavy atom. The summed E-state index contributed by atoms with van der Waals surface area (Å²) in [4.78, 5) is 10.8. The average molecular weight is 250 g/mol. The van der Waals surface area contributed by atoms with E-state index in [1.165, 1.54) is 18.2 Å². The molecule has 0 aliphatic heterocycles. The van der Waals surface area contributed by atoms with E-state index in [4.69, 9.17) is 4.55 Å². The van der Waals surface area contributed by atoms with Gasteiger partial charge in [-0.25, -0.2) is 0 Å². The summed E-state index contributed by atoms with van der Waals surface area (Å²) in [7, 11) is -3.77. The predicted molar refractivity (Wildman–Crippen MR) is 57.2 cm³/mol. The van der Waals surface area contributed by atoms with Crippen LogP contribution < -0.4 is 0 Å². The third kappa shape index (κ3) is 2.50. The highest BCUT2D eigenvalue weighted by Crippen LogP contribution is 2.22. The molecule has 0 fully saturated rings. The fraction of sp³-hybridized carbons (Fsp3) is 0. The lowest BCUT2D eigenvalue weighted by atomic mass is 10.2. The first-order chi connectivity index (χ1) is 6.46. The molecule has 0 aliphatic rings. The van der Waals surface area contributed by atoms with E-state index >= 15 is 0 Å². The van der Waals surface area contributed by atoms with E-state index in [-0.39, 0.29) is 5.56 Å². The van der Waals surface area contributed by atoms with E-state index in [1.54, 1.807) is 0 Å². The molecule has 4 nitrogen and oxygen atoms in total. The smallest absolute Gasteiger partial charge is 0.282 e. The molecule has 0 aliphatic carbocycles. The van der Waals surface area contributed by atoms with Gasteiger partial charge in [-0.1, -0.05) is 12.1 Å². The van der Waals surface area contributed by atoms with Crippen LogP contribution in [0, 0.1) is 0 Å². The van der Waals surface area contributed by atoms with Crippen LogP contribution in [-0.4, -0.2) is 18.1 Å². The van der Waals surface area contributed by atoms with Gasteiger partial charge in [0.05, 0.1) is 5.56 Å². The van der Waals surface area contributed by atoms with Crippen molar-refractivity contribution in [3.05, 3.63) is 29.8 Å². The van der Waals surface area contributed by atoms with Gasteiger partial charge in [-0.15, -0.1) is 11.7 Å². The number of rotatable bonds is 2. The quantitative estimate of drug-likeness (QED) is 0.474. The maximum atomic E-state index is 11.2. The maximum absolute atomic E-state index is 11.2. The van der Waals surface area contributed by atoms with Crippen LogP contribution >= 0.6 is 22.5 Å². The van der Waals surface area contributed by atoms with Gasteiger partial charge in [0.15, 0.2) is 0 Å². The number of benzene rings is 1. The molecule has 0 atom stereocenters. The molecule has 0 spiro atoms. The third-order valence-electron chi connectivity index (χ3n) is 1.47. The van der Waals surface area contributed by atoms with Crippen LogP contribution in [0.15, 0.2) is 29.2 Å². The number of hydrogen-bond acceptors (Lipinski definition) is 5. The first-order valence-corrected chi connectivity index (χ1v) is 6.70. The van der Waals surface area contributed by atoms with Crippen molar-refractivity contribution in [2.24, 2.45) is 0 Å². The van der Waals surface area contributed by atoms with Crippen molar-refractivity contribution in [3.8, 4) is 0 Å². The lowest BCUT2D eigenvalue weighted by Gasteiger charge is -2.02. The maximum Gasteiger partial charge on any atom is 0.295 e.